The van der Waals surface area contributed by atoms with Crippen LogP contribution in [0.1, 0.15) is 32.1 Å². The molecule has 0 saturated carbocycles. The van der Waals surface area contributed by atoms with Crippen molar-refractivity contribution in [3.63, 3.8) is 0 Å². The Morgan fingerprint density at radius 2 is 1.96 bits per heavy atom. The number of carbonyl (C=O) groups is 1. The maximum atomic E-state index is 13.2. The Morgan fingerprint density at radius 1 is 1.12 bits per heavy atom. The molecule has 2 aromatic heterocycles. The summed E-state index contributed by atoms with van der Waals surface area (Å²) >= 11 is 1.80. The largest absolute Gasteiger partial charge is 0.333 e. The van der Waals surface area contributed by atoms with Crippen molar-refractivity contribution in [2.45, 2.75) is 25.8 Å². The van der Waals surface area contributed by atoms with E-state index in [0.29, 0.717) is 12.2 Å². The predicted octanol–water partition coefficient (Wildman–Crippen LogP) is 3.45. The van der Waals surface area contributed by atoms with Gasteiger partial charge in [-0.05, 0) is 41.8 Å². The third-order valence-corrected chi connectivity index (χ3v) is 6.35. The van der Waals surface area contributed by atoms with Gasteiger partial charge < -0.3 is 4.90 Å². The molecule has 2 aliphatic rings. The minimum atomic E-state index is 0.0741. The molecule has 3 heterocycles. The van der Waals surface area contributed by atoms with Gasteiger partial charge in [0.25, 0.3) is 5.91 Å². The lowest BCUT2D eigenvalue weighted by Crippen LogP contribution is -2.36. The average Bonchev–Trinajstić information content (AvgIpc) is 3.24. The maximum Gasteiger partial charge on any atom is 0.274 e. The molecule has 5 heteroatoms. The smallest absolute Gasteiger partial charge is 0.274 e. The fourth-order valence-corrected chi connectivity index (χ4v) is 5.00. The molecule has 0 radical (unpaired) electrons. The van der Waals surface area contributed by atoms with Crippen LogP contribution in [0.3, 0.4) is 0 Å². The van der Waals surface area contributed by atoms with Gasteiger partial charge in [-0.1, -0.05) is 24.3 Å². The van der Waals surface area contributed by atoms with E-state index in [1.54, 1.807) is 11.3 Å². The number of hydrogen-bond acceptors (Lipinski definition) is 3. The fraction of sp³-hybridized carbons (Fsp3) is 0.300. The molecule has 0 bridgehead atoms. The van der Waals surface area contributed by atoms with Crippen molar-refractivity contribution in [1.82, 2.24) is 14.7 Å². The molecule has 0 spiro atoms. The second kappa shape index (κ2) is 5.56. The number of rotatable bonds is 1. The van der Waals surface area contributed by atoms with Gasteiger partial charge in [-0.15, -0.1) is 11.3 Å². The molecule has 4 nitrogen and oxygen atoms in total. The molecule has 126 valence electrons. The molecule has 5 rings (SSSR count). The van der Waals surface area contributed by atoms with E-state index in [2.05, 4.69) is 34.7 Å². The van der Waals surface area contributed by atoms with Crippen LogP contribution >= 0.6 is 11.3 Å². The van der Waals surface area contributed by atoms with Gasteiger partial charge >= 0.3 is 0 Å². The highest BCUT2D eigenvalue weighted by atomic mass is 32.1. The average molecular weight is 349 g/mol. The molecule has 0 N–H and O–H groups in total. The number of hydrogen-bond donors (Lipinski definition) is 0. The molecule has 1 aliphatic carbocycles. The lowest BCUT2D eigenvalue weighted by molar-refractivity contribution is 0.0727. The molecule has 1 aliphatic heterocycles. The summed E-state index contributed by atoms with van der Waals surface area (Å²) in [5, 5.41) is 6.77. The van der Waals surface area contributed by atoms with Crippen LogP contribution in [-0.4, -0.2) is 27.1 Å². The summed E-state index contributed by atoms with van der Waals surface area (Å²) in [6, 6.07) is 10.6. The van der Waals surface area contributed by atoms with Crippen LogP contribution in [0, 0.1) is 0 Å². The Kier molecular flexibility index (Phi) is 3.31. The predicted molar refractivity (Wildman–Crippen MR) is 98.8 cm³/mol. The molecule has 0 saturated heterocycles. The molecule has 0 unspecified atom stereocenters. The third kappa shape index (κ3) is 2.26. The van der Waals surface area contributed by atoms with E-state index >= 15 is 0 Å². The van der Waals surface area contributed by atoms with Crippen molar-refractivity contribution in [3.8, 4) is 11.3 Å². The van der Waals surface area contributed by atoms with Gasteiger partial charge in [-0.25, -0.2) is 0 Å². The van der Waals surface area contributed by atoms with Crippen LogP contribution in [0.15, 0.2) is 35.7 Å². The van der Waals surface area contributed by atoms with E-state index in [1.807, 2.05) is 22.7 Å². The molecular weight excluding hydrogens is 330 g/mol. The number of thiophene rings is 1. The zero-order valence-corrected chi connectivity index (χ0v) is 15.0. The first-order valence-electron chi connectivity index (χ1n) is 8.71. The van der Waals surface area contributed by atoms with Crippen molar-refractivity contribution in [3.05, 3.63) is 63.0 Å². The first-order valence-corrected chi connectivity index (χ1v) is 9.59. The van der Waals surface area contributed by atoms with Crippen molar-refractivity contribution < 1.29 is 4.79 Å². The highest BCUT2D eigenvalue weighted by Crippen LogP contribution is 2.38. The summed E-state index contributed by atoms with van der Waals surface area (Å²) in [7, 11) is 1.95. The Balaban J connectivity index is 1.51. The van der Waals surface area contributed by atoms with E-state index in [4.69, 9.17) is 0 Å². The number of carbonyl (C=O) groups excluding carboxylic acids is 1. The van der Waals surface area contributed by atoms with Crippen LogP contribution < -0.4 is 0 Å². The van der Waals surface area contributed by atoms with E-state index in [9.17, 15) is 4.79 Å². The van der Waals surface area contributed by atoms with Gasteiger partial charge in [-0.2, -0.15) is 5.10 Å². The van der Waals surface area contributed by atoms with E-state index in [-0.39, 0.29) is 5.91 Å². The third-order valence-electron chi connectivity index (χ3n) is 5.37. The van der Waals surface area contributed by atoms with Gasteiger partial charge in [0.1, 0.15) is 0 Å². The Hall–Kier alpha value is -2.40. The van der Waals surface area contributed by atoms with Crippen LogP contribution in [0.25, 0.3) is 11.3 Å². The lowest BCUT2D eigenvalue weighted by atomic mass is 9.94. The number of aryl methyl sites for hydroxylation is 2. The zero-order valence-electron chi connectivity index (χ0n) is 14.2. The highest BCUT2D eigenvalue weighted by Gasteiger charge is 2.31. The van der Waals surface area contributed by atoms with Crippen molar-refractivity contribution >= 4 is 17.2 Å². The summed E-state index contributed by atoms with van der Waals surface area (Å²) in [5.41, 5.74) is 6.77. The summed E-state index contributed by atoms with van der Waals surface area (Å²) in [6.07, 6.45) is 2.84. The topological polar surface area (TPSA) is 38.1 Å². The van der Waals surface area contributed by atoms with E-state index in [1.165, 1.54) is 21.6 Å². The van der Waals surface area contributed by atoms with Crippen molar-refractivity contribution in [2.75, 3.05) is 6.54 Å². The number of fused-ring (bicyclic) bond motifs is 4. The summed E-state index contributed by atoms with van der Waals surface area (Å²) < 4.78 is 1.89. The number of benzene rings is 1. The van der Waals surface area contributed by atoms with Gasteiger partial charge in [0, 0.05) is 36.1 Å². The molecule has 3 aromatic rings. The van der Waals surface area contributed by atoms with Crippen LogP contribution in [0.4, 0.5) is 0 Å². The van der Waals surface area contributed by atoms with E-state index < -0.39 is 0 Å². The van der Waals surface area contributed by atoms with E-state index in [0.717, 1.165) is 37.1 Å². The van der Waals surface area contributed by atoms with Gasteiger partial charge in [0.05, 0.1) is 5.69 Å². The first-order chi connectivity index (χ1) is 12.2. The molecule has 1 amide bonds. The highest BCUT2D eigenvalue weighted by molar-refractivity contribution is 7.10. The summed E-state index contributed by atoms with van der Waals surface area (Å²) in [6.45, 7) is 1.45. The molecule has 0 atom stereocenters. The normalized spacial score (nSPS) is 15.5. The molecular formula is C20H19N3OS. The minimum absolute atomic E-state index is 0.0741. The summed E-state index contributed by atoms with van der Waals surface area (Å²) in [4.78, 5) is 16.6. The number of nitrogens with zero attached hydrogens (tertiary/aromatic N) is 3. The van der Waals surface area contributed by atoms with Crippen LogP contribution in [-0.2, 0) is 32.9 Å². The second-order valence-electron chi connectivity index (χ2n) is 6.80. The fourth-order valence-electron chi connectivity index (χ4n) is 4.12. The standard InChI is InChI=1S/C20H19N3OS/c1-22-19-15-9-11-25-17(15)7-6-16(19)18(21-22)20(24)23-10-8-13-4-2-3-5-14(13)12-23/h2-5,9,11H,6-8,10,12H2,1H3. The molecule has 0 fully saturated rings. The monoisotopic (exact) mass is 349 g/mol. The minimum Gasteiger partial charge on any atom is -0.333 e. The van der Waals surface area contributed by atoms with Gasteiger partial charge in [-0.3, -0.25) is 9.48 Å². The Morgan fingerprint density at radius 3 is 2.84 bits per heavy atom. The Labute approximate surface area is 150 Å². The maximum absolute atomic E-state index is 13.2. The molecule has 1 aromatic carbocycles. The van der Waals surface area contributed by atoms with Crippen LogP contribution in [0.2, 0.25) is 0 Å². The SMILES string of the molecule is Cn1nc(C(=O)N2CCc3ccccc3C2)c2c1-c1ccsc1CC2. The summed E-state index contributed by atoms with van der Waals surface area (Å²) in [5.74, 6) is 0.0741. The van der Waals surface area contributed by atoms with Crippen molar-refractivity contribution in [1.29, 1.82) is 0 Å². The van der Waals surface area contributed by atoms with Crippen LogP contribution in [0.5, 0.6) is 0 Å². The van der Waals surface area contributed by atoms with Crippen molar-refractivity contribution in [2.24, 2.45) is 7.05 Å². The van der Waals surface area contributed by atoms with Gasteiger partial charge in [0.2, 0.25) is 0 Å². The number of aromatic nitrogens is 2. The quantitative estimate of drug-likeness (QED) is 0.675. The lowest BCUT2D eigenvalue weighted by Gasteiger charge is -2.28. The second-order valence-corrected chi connectivity index (χ2v) is 7.80. The first kappa shape index (κ1) is 14.9. The number of amides is 1. The van der Waals surface area contributed by atoms with Gasteiger partial charge in [0.15, 0.2) is 5.69 Å². The Bertz CT molecular complexity index is 985. The molecule has 25 heavy (non-hydrogen) atoms. The zero-order chi connectivity index (χ0) is 17.0.